The molecule has 10 heteroatoms. The minimum atomic E-state index is -1.50. The summed E-state index contributed by atoms with van der Waals surface area (Å²) in [5.41, 5.74) is 1.73. The highest BCUT2D eigenvalue weighted by Crippen LogP contribution is 2.22. The van der Waals surface area contributed by atoms with Gasteiger partial charge in [0.2, 0.25) is 0 Å². The van der Waals surface area contributed by atoms with Crippen LogP contribution in [0.25, 0.3) is 0 Å². The summed E-state index contributed by atoms with van der Waals surface area (Å²) in [5.74, 6) is -3.04. The lowest BCUT2D eigenvalue weighted by Gasteiger charge is -2.32. The Bertz CT molecular complexity index is 1870. The molecule has 0 aliphatic rings. The predicted molar refractivity (Wildman–Crippen MR) is 188 cm³/mol. The van der Waals surface area contributed by atoms with E-state index >= 15 is 0 Å². The van der Waals surface area contributed by atoms with Crippen molar-refractivity contribution in [3.8, 4) is 0 Å². The molecule has 0 N–H and O–H groups in total. The molecular formula is C41H35NO9. The molecule has 0 saturated carbocycles. The van der Waals surface area contributed by atoms with Crippen molar-refractivity contribution < 1.29 is 43.0 Å². The van der Waals surface area contributed by atoms with E-state index in [0.29, 0.717) is 0 Å². The summed E-state index contributed by atoms with van der Waals surface area (Å²) >= 11 is 0. The van der Waals surface area contributed by atoms with Crippen LogP contribution < -0.4 is 0 Å². The zero-order valence-electron chi connectivity index (χ0n) is 27.5. The van der Waals surface area contributed by atoms with Gasteiger partial charge in [0.05, 0.1) is 22.3 Å². The Morgan fingerprint density at radius 2 is 0.882 bits per heavy atom. The van der Waals surface area contributed by atoms with E-state index in [-0.39, 0.29) is 35.3 Å². The molecule has 10 nitrogen and oxygen atoms in total. The molecule has 0 spiro atoms. The summed E-state index contributed by atoms with van der Waals surface area (Å²) in [4.78, 5) is 59.1. The van der Waals surface area contributed by atoms with Gasteiger partial charge in [-0.1, -0.05) is 108 Å². The SMILES string of the molecule is O=C(OC[C@@H](OC(=O)c1ccccc1)[C@@H](OC(=O)c1ccccc1)[C@@H](C/C=N\OCc1ccccc1)OC(=O)c1ccccc1)c1ccccc1. The van der Waals surface area contributed by atoms with E-state index < -0.39 is 48.8 Å². The fourth-order valence-corrected chi connectivity index (χ4v) is 4.86. The molecule has 0 aliphatic heterocycles. The van der Waals surface area contributed by atoms with E-state index in [9.17, 15) is 19.2 Å². The van der Waals surface area contributed by atoms with Crippen molar-refractivity contribution in [1.29, 1.82) is 0 Å². The van der Waals surface area contributed by atoms with Crippen LogP contribution in [-0.2, 0) is 30.4 Å². The highest BCUT2D eigenvalue weighted by Gasteiger charge is 2.39. The summed E-state index contributed by atoms with van der Waals surface area (Å²) < 4.78 is 23.5. The van der Waals surface area contributed by atoms with Crippen LogP contribution in [0.1, 0.15) is 53.4 Å². The quantitative estimate of drug-likeness (QED) is 0.0462. The molecule has 0 bridgehead atoms. The monoisotopic (exact) mass is 685 g/mol. The molecule has 0 radical (unpaired) electrons. The lowest BCUT2D eigenvalue weighted by atomic mass is 10.0. The molecule has 5 aromatic carbocycles. The van der Waals surface area contributed by atoms with Crippen molar-refractivity contribution in [3.63, 3.8) is 0 Å². The lowest BCUT2D eigenvalue weighted by Crippen LogP contribution is -2.48. The minimum absolute atomic E-state index is 0.147. The third kappa shape index (κ3) is 11.0. The Labute approximate surface area is 295 Å². The highest BCUT2D eigenvalue weighted by atomic mass is 16.6. The lowest BCUT2D eigenvalue weighted by molar-refractivity contribution is -0.0993. The minimum Gasteiger partial charge on any atom is -0.458 e. The number of carbonyl (C=O) groups excluding carboxylic acids is 4. The number of ether oxygens (including phenoxy) is 4. The molecule has 0 unspecified atom stereocenters. The predicted octanol–water partition coefficient (Wildman–Crippen LogP) is 7.11. The van der Waals surface area contributed by atoms with E-state index in [4.69, 9.17) is 23.8 Å². The second-order valence-electron chi connectivity index (χ2n) is 11.1. The van der Waals surface area contributed by atoms with Crippen LogP contribution in [0.2, 0.25) is 0 Å². The molecule has 0 aliphatic carbocycles. The molecule has 5 aromatic rings. The van der Waals surface area contributed by atoms with Crippen LogP contribution in [-0.4, -0.2) is 55.0 Å². The van der Waals surface area contributed by atoms with E-state index in [1.54, 1.807) is 121 Å². The number of rotatable bonds is 16. The largest absolute Gasteiger partial charge is 0.458 e. The Hall–Kier alpha value is -6.55. The van der Waals surface area contributed by atoms with Gasteiger partial charge in [-0.15, -0.1) is 0 Å². The van der Waals surface area contributed by atoms with E-state index in [2.05, 4.69) is 5.16 Å². The second kappa shape index (κ2) is 18.8. The van der Waals surface area contributed by atoms with E-state index in [1.807, 2.05) is 30.3 Å². The van der Waals surface area contributed by atoms with Crippen LogP contribution in [0.15, 0.2) is 157 Å². The van der Waals surface area contributed by atoms with Crippen molar-refractivity contribution >= 4 is 30.1 Å². The van der Waals surface area contributed by atoms with Crippen molar-refractivity contribution in [3.05, 3.63) is 179 Å². The average Bonchev–Trinajstić information content (AvgIpc) is 3.19. The molecular weight excluding hydrogens is 650 g/mol. The molecule has 5 rings (SSSR count). The highest BCUT2D eigenvalue weighted by molar-refractivity contribution is 5.92. The fraction of sp³-hybridized carbons (Fsp3) is 0.146. The van der Waals surface area contributed by atoms with Crippen molar-refractivity contribution in [1.82, 2.24) is 0 Å². The number of oxime groups is 1. The second-order valence-corrected chi connectivity index (χ2v) is 11.1. The summed E-state index contributed by atoms with van der Waals surface area (Å²) in [6.07, 6.45) is -3.04. The van der Waals surface area contributed by atoms with Gasteiger partial charge in [0, 0.05) is 12.6 Å². The molecule has 0 heterocycles. The molecule has 0 fully saturated rings. The zero-order valence-corrected chi connectivity index (χ0v) is 27.5. The third-order valence-electron chi connectivity index (χ3n) is 7.47. The van der Waals surface area contributed by atoms with Gasteiger partial charge in [-0.3, -0.25) is 0 Å². The molecule has 258 valence electrons. The summed E-state index contributed by atoms with van der Waals surface area (Å²) in [7, 11) is 0. The number of nitrogens with zero attached hydrogens (tertiary/aromatic N) is 1. The van der Waals surface area contributed by atoms with Crippen LogP contribution in [0.4, 0.5) is 0 Å². The first-order chi connectivity index (χ1) is 25.0. The van der Waals surface area contributed by atoms with E-state index in [0.717, 1.165) is 5.56 Å². The maximum Gasteiger partial charge on any atom is 0.338 e. The smallest absolute Gasteiger partial charge is 0.338 e. The number of carbonyl (C=O) groups is 4. The number of hydrogen-bond acceptors (Lipinski definition) is 10. The molecule has 0 aromatic heterocycles. The fourth-order valence-electron chi connectivity index (χ4n) is 4.86. The van der Waals surface area contributed by atoms with Crippen LogP contribution in [0.3, 0.4) is 0 Å². The van der Waals surface area contributed by atoms with Gasteiger partial charge in [0.15, 0.2) is 12.2 Å². The first kappa shape index (κ1) is 35.7. The average molecular weight is 686 g/mol. The topological polar surface area (TPSA) is 127 Å². The van der Waals surface area contributed by atoms with Crippen LogP contribution in [0.5, 0.6) is 0 Å². The Morgan fingerprint density at radius 3 is 1.35 bits per heavy atom. The van der Waals surface area contributed by atoms with Gasteiger partial charge in [0.1, 0.15) is 19.3 Å². The molecule has 3 atom stereocenters. The number of esters is 4. The van der Waals surface area contributed by atoms with Crippen LogP contribution >= 0.6 is 0 Å². The Morgan fingerprint density at radius 1 is 0.490 bits per heavy atom. The van der Waals surface area contributed by atoms with E-state index in [1.165, 1.54) is 6.21 Å². The van der Waals surface area contributed by atoms with Gasteiger partial charge >= 0.3 is 23.9 Å². The molecule has 0 saturated heterocycles. The normalized spacial score (nSPS) is 12.5. The Balaban J connectivity index is 1.49. The zero-order chi connectivity index (χ0) is 35.7. The maximum absolute atomic E-state index is 13.6. The van der Waals surface area contributed by atoms with Gasteiger partial charge in [-0.05, 0) is 54.1 Å². The maximum atomic E-state index is 13.6. The first-order valence-corrected chi connectivity index (χ1v) is 16.2. The number of benzene rings is 5. The summed E-state index contributed by atoms with van der Waals surface area (Å²) in [6.45, 7) is -0.384. The third-order valence-corrected chi connectivity index (χ3v) is 7.47. The van der Waals surface area contributed by atoms with Crippen molar-refractivity contribution in [2.75, 3.05) is 6.61 Å². The first-order valence-electron chi connectivity index (χ1n) is 16.2. The van der Waals surface area contributed by atoms with Crippen molar-refractivity contribution in [2.24, 2.45) is 5.16 Å². The summed E-state index contributed by atoms with van der Waals surface area (Å²) in [5, 5.41) is 4.04. The summed E-state index contributed by atoms with van der Waals surface area (Å²) in [6, 6.07) is 42.1. The molecule has 0 amide bonds. The van der Waals surface area contributed by atoms with Crippen LogP contribution in [0, 0.1) is 0 Å². The van der Waals surface area contributed by atoms with Gasteiger partial charge in [-0.25, -0.2) is 19.2 Å². The Kier molecular flexibility index (Phi) is 13.2. The van der Waals surface area contributed by atoms with Crippen molar-refractivity contribution in [2.45, 2.75) is 31.3 Å². The van der Waals surface area contributed by atoms with Gasteiger partial charge < -0.3 is 23.8 Å². The van der Waals surface area contributed by atoms with Gasteiger partial charge in [0.25, 0.3) is 0 Å². The standard InChI is InChI=1S/C41H35NO9/c43-38(31-18-8-2-9-19-31)47-29-36(50-40(45)33-22-12-4-13-23-33)37(51-41(46)34-24-14-5-15-25-34)35(49-39(44)32-20-10-3-11-21-32)26-27-42-48-28-30-16-6-1-7-17-30/h1-25,27,35-37H,26,28-29H2/b42-27-/t35-,36-,37+/m1/s1. The molecule has 51 heavy (non-hydrogen) atoms. The van der Waals surface area contributed by atoms with Gasteiger partial charge in [-0.2, -0.15) is 0 Å². The number of hydrogen-bond donors (Lipinski definition) is 0.